The first-order chi connectivity index (χ1) is 9.22. The maximum Gasteiger partial charge on any atom is 0.474 e. The first-order valence-corrected chi connectivity index (χ1v) is 7.49. The van der Waals surface area contributed by atoms with Gasteiger partial charge in [0.15, 0.2) is 0 Å². The van der Waals surface area contributed by atoms with Gasteiger partial charge in [-0.1, -0.05) is 11.6 Å². The van der Waals surface area contributed by atoms with E-state index in [1.54, 1.807) is 0 Å². The van der Waals surface area contributed by atoms with E-state index in [2.05, 4.69) is 9.35 Å². The van der Waals surface area contributed by atoms with Gasteiger partial charge in [0.2, 0.25) is 0 Å². The molecule has 1 amide bonds. The second kappa shape index (κ2) is 5.21. The third-order valence-corrected chi connectivity index (χ3v) is 5.16. The summed E-state index contributed by atoms with van der Waals surface area (Å²) in [7, 11) is -3.44. The van der Waals surface area contributed by atoms with Crippen LogP contribution in [0.25, 0.3) is 0 Å². The lowest BCUT2D eigenvalue weighted by atomic mass is 10.4. The minimum atomic E-state index is -5.13. The average Bonchev–Trinajstić information content (AvgIpc) is 2.71. The fraction of sp³-hybridized carbons (Fsp3) is 0.400. The highest BCUT2D eigenvalue weighted by atomic mass is 35.5. The largest absolute Gasteiger partial charge is 0.474 e. The summed E-state index contributed by atoms with van der Waals surface area (Å²) in [6.45, 7) is 0.233. The number of aromatic nitrogens is 1. The molecule has 1 unspecified atom stereocenters. The number of alkyl halides is 3. The number of carbonyl (C=O) groups is 1. The van der Waals surface area contributed by atoms with Gasteiger partial charge < -0.3 is 0 Å². The highest BCUT2D eigenvalue weighted by Crippen LogP contribution is 2.27. The van der Waals surface area contributed by atoms with Crippen molar-refractivity contribution in [3.8, 4) is 0 Å². The van der Waals surface area contributed by atoms with Crippen molar-refractivity contribution in [2.75, 3.05) is 16.6 Å². The van der Waals surface area contributed by atoms with Crippen LogP contribution in [0.2, 0.25) is 5.15 Å². The van der Waals surface area contributed by atoms with Crippen molar-refractivity contribution < 1.29 is 22.2 Å². The second-order valence-electron chi connectivity index (χ2n) is 4.00. The summed E-state index contributed by atoms with van der Waals surface area (Å²) in [5, 5.41) is 0.197. The van der Waals surface area contributed by atoms with E-state index in [1.807, 2.05) is 0 Å². The van der Waals surface area contributed by atoms with Crippen LogP contribution in [0.1, 0.15) is 6.42 Å². The molecular weight excluding hydrogens is 319 g/mol. The molecule has 10 heteroatoms. The molecule has 0 spiro atoms. The summed E-state index contributed by atoms with van der Waals surface area (Å²) in [6.07, 6.45) is -3.48. The van der Waals surface area contributed by atoms with Crippen molar-refractivity contribution in [2.45, 2.75) is 12.6 Å². The van der Waals surface area contributed by atoms with E-state index >= 15 is 0 Å². The van der Waals surface area contributed by atoms with Crippen LogP contribution in [0.4, 0.5) is 18.9 Å². The number of hydrogen-bond acceptors (Lipinski definition) is 3. The van der Waals surface area contributed by atoms with Gasteiger partial charge in [-0.25, -0.2) is 9.19 Å². The quantitative estimate of drug-likeness (QED) is 0.744. The molecule has 2 rings (SSSR count). The predicted octanol–water partition coefficient (Wildman–Crippen LogP) is 2.42. The molecule has 0 aliphatic carbocycles. The summed E-state index contributed by atoms with van der Waals surface area (Å²) in [5.41, 5.74) is 0.315. The van der Waals surface area contributed by atoms with Crippen molar-refractivity contribution >= 4 is 33.1 Å². The number of nitrogens with zero attached hydrogens (tertiary/aromatic N) is 3. The van der Waals surface area contributed by atoms with Crippen LogP contribution >= 0.6 is 11.6 Å². The van der Waals surface area contributed by atoms with Gasteiger partial charge in [-0.15, -0.1) is 4.36 Å². The summed E-state index contributed by atoms with van der Waals surface area (Å²) in [6, 6.07) is 2.88. The van der Waals surface area contributed by atoms with Crippen LogP contribution in [0, 0.1) is 0 Å². The highest BCUT2D eigenvalue weighted by Gasteiger charge is 2.41. The van der Waals surface area contributed by atoms with Gasteiger partial charge in [0.1, 0.15) is 15.1 Å². The number of anilines is 1. The van der Waals surface area contributed by atoms with Crippen molar-refractivity contribution in [3.63, 3.8) is 0 Å². The Morgan fingerprint density at radius 1 is 1.45 bits per heavy atom. The fourth-order valence-corrected chi connectivity index (χ4v) is 3.98. The molecule has 0 saturated carbocycles. The van der Waals surface area contributed by atoms with E-state index in [0.29, 0.717) is 12.1 Å². The van der Waals surface area contributed by atoms with Gasteiger partial charge in [-0.2, -0.15) is 13.2 Å². The fourth-order valence-electron chi connectivity index (χ4n) is 1.73. The first-order valence-electron chi connectivity index (χ1n) is 5.48. The molecule has 110 valence electrons. The van der Waals surface area contributed by atoms with Gasteiger partial charge in [-0.3, -0.25) is 9.10 Å². The zero-order valence-corrected chi connectivity index (χ0v) is 11.5. The van der Waals surface area contributed by atoms with E-state index in [9.17, 15) is 22.2 Å². The number of carbonyl (C=O) groups excluding carboxylic acids is 1. The Hall–Kier alpha value is -1.35. The molecule has 1 atom stereocenters. The van der Waals surface area contributed by atoms with Gasteiger partial charge in [0.05, 0.1) is 17.6 Å². The van der Waals surface area contributed by atoms with Crippen molar-refractivity contribution in [1.29, 1.82) is 0 Å². The van der Waals surface area contributed by atoms with Crippen molar-refractivity contribution in [2.24, 2.45) is 4.36 Å². The molecule has 1 fully saturated rings. The normalized spacial score (nSPS) is 22.9. The Bertz CT molecular complexity index is 638. The van der Waals surface area contributed by atoms with E-state index in [0.717, 1.165) is 0 Å². The number of pyridine rings is 1. The molecule has 2 heterocycles. The lowest BCUT2D eigenvalue weighted by Gasteiger charge is -2.20. The standard InChI is InChI=1S/C10H9ClF3N3O2S/c11-8-3-2-7(6-15-8)17-4-1-5-20(17,19)16-9(18)10(12,13)14/h2-3,6H,1,4-5H2. The van der Waals surface area contributed by atoms with Gasteiger partial charge in [0.25, 0.3) is 0 Å². The molecule has 1 aliphatic rings. The maximum absolute atomic E-state index is 12.4. The maximum atomic E-state index is 12.4. The molecule has 0 aromatic carbocycles. The number of rotatable bonds is 1. The Balaban J connectivity index is 2.40. The van der Waals surface area contributed by atoms with E-state index in [-0.39, 0.29) is 17.5 Å². The van der Waals surface area contributed by atoms with Gasteiger partial charge in [-0.05, 0) is 18.6 Å². The summed E-state index contributed by atoms with van der Waals surface area (Å²) in [5.74, 6) is -2.44. The lowest BCUT2D eigenvalue weighted by molar-refractivity contribution is -0.169. The minimum Gasteiger partial charge on any atom is -0.284 e. The molecular formula is C10H9ClF3N3O2S. The molecule has 1 aromatic rings. The van der Waals surface area contributed by atoms with Gasteiger partial charge in [0, 0.05) is 6.54 Å². The Morgan fingerprint density at radius 3 is 2.70 bits per heavy atom. The number of amides is 1. The number of halogens is 4. The Morgan fingerprint density at radius 2 is 2.15 bits per heavy atom. The van der Waals surface area contributed by atoms with Crippen LogP contribution < -0.4 is 4.31 Å². The van der Waals surface area contributed by atoms with Gasteiger partial charge >= 0.3 is 12.1 Å². The van der Waals surface area contributed by atoms with Crippen LogP contribution in [0.3, 0.4) is 0 Å². The average molecular weight is 328 g/mol. The van der Waals surface area contributed by atoms with Crippen molar-refractivity contribution in [1.82, 2.24) is 4.98 Å². The third-order valence-electron chi connectivity index (χ3n) is 2.58. The topological polar surface area (TPSA) is 62.6 Å². The predicted molar refractivity (Wildman–Crippen MR) is 67.7 cm³/mol. The van der Waals surface area contributed by atoms with E-state index in [1.165, 1.54) is 22.6 Å². The van der Waals surface area contributed by atoms with Crippen LogP contribution in [-0.4, -0.2) is 33.6 Å². The third kappa shape index (κ3) is 3.04. The summed E-state index contributed by atoms with van der Waals surface area (Å²) < 4.78 is 53.2. The van der Waals surface area contributed by atoms with E-state index < -0.39 is 22.0 Å². The molecule has 1 aliphatic heterocycles. The molecule has 0 N–H and O–H groups in total. The summed E-state index contributed by atoms with van der Waals surface area (Å²) >= 11 is 5.61. The SMILES string of the molecule is O=C(N=S1(=O)CCCN1c1ccc(Cl)nc1)C(F)(F)F. The molecule has 20 heavy (non-hydrogen) atoms. The molecule has 1 aromatic heterocycles. The monoisotopic (exact) mass is 327 g/mol. The molecule has 0 bridgehead atoms. The zero-order chi connectivity index (χ0) is 15.0. The molecule has 5 nitrogen and oxygen atoms in total. The second-order valence-corrected chi connectivity index (χ2v) is 6.63. The number of hydrogen-bond donors (Lipinski definition) is 0. The smallest absolute Gasteiger partial charge is 0.284 e. The molecule has 0 radical (unpaired) electrons. The molecule has 1 saturated heterocycles. The first kappa shape index (κ1) is 15.0. The van der Waals surface area contributed by atoms with Crippen LogP contribution in [0.15, 0.2) is 22.7 Å². The highest BCUT2D eigenvalue weighted by molar-refractivity contribution is 7.95. The Labute approximate surface area is 118 Å². The van der Waals surface area contributed by atoms with Crippen LogP contribution in [0.5, 0.6) is 0 Å². The van der Waals surface area contributed by atoms with Crippen LogP contribution in [-0.2, 0) is 14.7 Å². The lowest BCUT2D eigenvalue weighted by Crippen LogP contribution is -2.29. The summed E-state index contributed by atoms with van der Waals surface area (Å²) in [4.78, 5) is 14.7. The Kier molecular flexibility index (Phi) is 3.92. The van der Waals surface area contributed by atoms with E-state index in [4.69, 9.17) is 11.6 Å². The zero-order valence-electron chi connectivity index (χ0n) is 9.93. The minimum absolute atomic E-state index is 0.0998. The van der Waals surface area contributed by atoms with Crippen molar-refractivity contribution in [3.05, 3.63) is 23.5 Å².